The Hall–Kier alpha value is -1.15. The summed E-state index contributed by atoms with van der Waals surface area (Å²) in [5.41, 5.74) is 0. The van der Waals surface area contributed by atoms with Crippen LogP contribution in [0.5, 0.6) is 0 Å². The zero-order valence-corrected chi connectivity index (χ0v) is 15.0. The minimum absolute atomic E-state index is 0.0151. The lowest BCUT2D eigenvalue weighted by Gasteiger charge is -2.35. The molecule has 0 radical (unpaired) electrons. The van der Waals surface area contributed by atoms with Gasteiger partial charge < -0.3 is 14.5 Å². The second-order valence-electron chi connectivity index (χ2n) is 7.11. The van der Waals surface area contributed by atoms with Gasteiger partial charge in [0.1, 0.15) is 6.10 Å². The molecule has 3 rings (SSSR count). The number of hydrogen-bond donors (Lipinski definition) is 0. The maximum atomic E-state index is 12.6. The van der Waals surface area contributed by atoms with E-state index >= 15 is 0 Å². The van der Waals surface area contributed by atoms with Crippen LogP contribution in [0, 0.1) is 5.92 Å². The van der Waals surface area contributed by atoms with Crippen LogP contribution in [0.3, 0.4) is 0 Å². The largest absolute Gasteiger partial charge is 0.368 e. The Kier molecular flexibility index (Phi) is 5.15. The van der Waals surface area contributed by atoms with E-state index in [4.69, 9.17) is 4.74 Å². The molecule has 0 bridgehead atoms. The van der Waals surface area contributed by atoms with Gasteiger partial charge in [0.05, 0.1) is 11.5 Å². The van der Waals surface area contributed by atoms with E-state index in [1.54, 1.807) is 16.8 Å². The molecule has 3 aliphatic rings. The highest BCUT2D eigenvalue weighted by Crippen LogP contribution is 2.25. The van der Waals surface area contributed by atoms with E-state index in [1.807, 2.05) is 0 Å². The first-order valence-electron chi connectivity index (χ1n) is 8.75. The first-order chi connectivity index (χ1) is 11.4. The molecule has 0 saturated carbocycles. The van der Waals surface area contributed by atoms with Gasteiger partial charge in [-0.1, -0.05) is 0 Å². The number of carbonyl (C=O) groups is 2. The molecule has 3 fully saturated rings. The van der Waals surface area contributed by atoms with Crippen molar-refractivity contribution in [3.05, 3.63) is 0 Å². The molecule has 0 aromatic heterocycles. The van der Waals surface area contributed by atoms with Gasteiger partial charge in [0, 0.05) is 38.7 Å². The molecule has 136 valence electrons. The molecule has 3 saturated heterocycles. The Bertz CT molecular complexity index is 592. The van der Waals surface area contributed by atoms with Crippen LogP contribution < -0.4 is 0 Å². The van der Waals surface area contributed by atoms with E-state index in [-0.39, 0.29) is 41.4 Å². The number of carbonyl (C=O) groups excluding carboxylic acids is 2. The highest BCUT2D eigenvalue weighted by molar-refractivity contribution is 7.91. The molecule has 0 aliphatic carbocycles. The van der Waals surface area contributed by atoms with Crippen LogP contribution >= 0.6 is 0 Å². The van der Waals surface area contributed by atoms with Gasteiger partial charge in [0.2, 0.25) is 5.91 Å². The summed E-state index contributed by atoms with van der Waals surface area (Å²) < 4.78 is 28.6. The van der Waals surface area contributed by atoms with Gasteiger partial charge in [-0.3, -0.25) is 9.59 Å². The van der Waals surface area contributed by atoms with Crippen molar-refractivity contribution >= 4 is 21.7 Å². The third-order valence-electron chi connectivity index (χ3n) is 5.46. The second-order valence-corrected chi connectivity index (χ2v) is 9.34. The Balaban J connectivity index is 1.50. The van der Waals surface area contributed by atoms with E-state index < -0.39 is 9.84 Å². The minimum atomic E-state index is -2.99. The van der Waals surface area contributed by atoms with E-state index in [0.717, 1.165) is 12.8 Å². The zero-order chi connectivity index (χ0) is 17.3. The fraction of sp³-hybridized carbons (Fsp3) is 0.875. The summed E-state index contributed by atoms with van der Waals surface area (Å²) in [5.74, 6) is 0.191. The number of amides is 2. The topological polar surface area (TPSA) is 84.0 Å². The van der Waals surface area contributed by atoms with E-state index in [2.05, 4.69) is 0 Å². The second kappa shape index (κ2) is 7.00. The highest BCUT2D eigenvalue weighted by Gasteiger charge is 2.37. The lowest BCUT2D eigenvalue weighted by molar-refractivity contribution is -0.146. The van der Waals surface area contributed by atoms with Crippen LogP contribution in [0.15, 0.2) is 0 Å². The molecule has 2 amide bonds. The van der Waals surface area contributed by atoms with Gasteiger partial charge in [-0.15, -0.1) is 0 Å². The lowest BCUT2D eigenvalue weighted by atomic mass is 9.94. The molecule has 0 aromatic carbocycles. The summed E-state index contributed by atoms with van der Waals surface area (Å²) in [7, 11) is -1.29. The van der Waals surface area contributed by atoms with Crippen molar-refractivity contribution in [3.8, 4) is 0 Å². The zero-order valence-electron chi connectivity index (χ0n) is 14.1. The Labute approximate surface area is 143 Å². The molecule has 8 heteroatoms. The monoisotopic (exact) mass is 358 g/mol. The minimum Gasteiger partial charge on any atom is -0.368 e. The molecule has 3 aliphatic heterocycles. The number of nitrogens with zero attached hydrogens (tertiary/aromatic N) is 2. The molecular formula is C16H26N2O5S. The van der Waals surface area contributed by atoms with Crippen LogP contribution in [0.25, 0.3) is 0 Å². The maximum absolute atomic E-state index is 12.6. The SMILES string of the molecule is CN(C(=O)C1CCN(C(=O)C2CCCO2)CC1)C1CCS(=O)(=O)C1. The number of likely N-dealkylation sites (tertiary alicyclic amines) is 1. The van der Waals surface area contributed by atoms with Crippen molar-refractivity contribution < 1.29 is 22.7 Å². The van der Waals surface area contributed by atoms with E-state index in [9.17, 15) is 18.0 Å². The Morgan fingerprint density at radius 1 is 1.12 bits per heavy atom. The third kappa shape index (κ3) is 3.74. The number of rotatable bonds is 3. The number of sulfone groups is 1. The first-order valence-corrected chi connectivity index (χ1v) is 10.6. The van der Waals surface area contributed by atoms with Crippen LogP contribution in [-0.2, 0) is 24.2 Å². The predicted octanol–water partition coefficient (Wildman–Crippen LogP) is 0.0495. The molecule has 7 nitrogen and oxygen atoms in total. The molecule has 2 unspecified atom stereocenters. The molecule has 2 atom stereocenters. The Morgan fingerprint density at radius 2 is 1.83 bits per heavy atom. The average molecular weight is 358 g/mol. The predicted molar refractivity (Wildman–Crippen MR) is 88.1 cm³/mol. The van der Waals surface area contributed by atoms with Crippen LogP contribution in [-0.4, -0.2) is 80.4 Å². The van der Waals surface area contributed by atoms with Crippen LogP contribution in [0.4, 0.5) is 0 Å². The van der Waals surface area contributed by atoms with Gasteiger partial charge in [0.25, 0.3) is 5.91 Å². The smallest absolute Gasteiger partial charge is 0.251 e. The first kappa shape index (κ1) is 17.7. The summed E-state index contributed by atoms with van der Waals surface area (Å²) in [6.45, 7) is 1.80. The summed E-state index contributed by atoms with van der Waals surface area (Å²) in [6, 6.07) is -0.200. The standard InChI is InChI=1S/C16H26N2O5S/c1-17(13-6-10-24(21,22)11-13)15(19)12-4-7-18(8-5-12)16(20)14-3-2-9-23-14/h12-14H,2-11H2,1H3. The molecule has 0 aromatic rings. The number of ether oxygens (including phenoxy) is 1. The number of piperidine rings is 1. The lowest BCUT2D eigenvalue weighted by Crippen LogP contribution is -2.48. The highest BCUT2D eigenvalue weighted by atomic mass is 32.2. The van der Waals surface area contributed by atoms with Crippen LogP contribution in [0.2, 0.25) is 0 Å². The maximum Gasteiger partial charge on any atom is 0.251 e. The van der Waals surface area contributed by atoms with Crippen molar-refractivity contribution in [1.29, 1.82) is 0 Å². The van der Waals surface area contributed by atoms with Crippen molar-refractivity contribution in [3.63, 3.8) is 0 Å². The quantitative estimate of drug-likeness (QED) is 0.712. The summed E-state index contributed by atoms with van der Waals surface area (Å²) in [6.07, 6.45) is 3.23. The van der Waals surface area contributed by atoms with Gasteiger partial charge in [-0.25, -0.2) is 8.42 Å². The average Bonchev–Trinajstić information content (AvgIpc) is 3.22. The molecule has 0 spiro atoms. The normalized spacial score (nSPS) is 30.5. The summed E-state index contributed by atoms with van der Waals surface area (Å²) in [5, 5.41) is 0. The van der Waals surface area contributed by atoms with Gasteiger partial charge in [0.15, 0.2) is 9.84 Å². The molecule has 3 heterocycles. The number of hydrogen-bond acceptors (Lipinski definition) is 5. The summed E-state index contributed by atoms with van der Waals surface area (Å²) in [4.78, 5) is 28.4. The summed E-state index contributed by atoms with van der Waals surface area (Å²) >= 11 is 0. The molecule has 24 heavy (non-hydrogen) atoms. The molecule has 0 N–H and O–H groups in total. The van der Waals surface area contributed by atoms with E-state index in [1.165, 1.54) is 0 Å². The van der Waals surface area contributed by atoms with Gasteiger partial charge in [-0.2, -0.15) is 0 Å². The van der Waals surface area contributed by atoms with Gasteiger partial charge >= 0.3 is 0 Å². The molecular weight excluding hydrogens is 332 g/mol. The third-order valence-corrected chi connectivity index (χ3v) is 7.22. The fourth-order valence-corrected chi connectivity index (χ4v) is 5.65. The van der Waals surface area contributed by atoms with Crippen LogP contribution in [0.1, 0.15) is 32.1 Å². The van der Waals surface area contributed by atoms with Crippen molar-refractivity contribution in [1.82, 2.24) is 9.80 Å². The van der Waals surface area contributed by atoms with Crippen molar-refractivity contribution in [2.45, 2.75) is 44.2 Å². The Morgan fingerprint density at radius 3 is 2.38 bits per heavy atom. The van der Waals surface area contributed by atoms with E-state index in [0.29, 0.717) is 39.0 Å². The van der Waals surface area contributed by atoms with Gasteiger partial charge in [-0.05, 0) is 32.1 Å². The van der Waals surface area contributed by atoms with Crippen molar-refractivity contribution in [2.75, 3.05) is 38.2 Å². The fourth-order valence-electron chi connectivity index (χ4n) is 3.87. The van der Waals surface area contributed by atoms with Crippen molar-refractivity contribution in [2.24, 2.45) is 5.92 Å².